The fraction of sp³-hybridized carbons (Fsp3) is 0.0909. The average molecular weight is 205 g/mol. The minimum atomic E-state index is -0.550. The zero-order valence-electron chi connectivity index (χ0n) is 8.03. The summed E-state index contributed by atoms with van der Waals surface area (Å²) in [5.41, 5.74) is 0.218. The van der Waals surface area contributed by atoms with Gasteiger partial charge in [-0.15, -0.1) is 0 Å². The molecule has 0 saturated heterocycles. The molecule has 0 fully saturated rings. The summed E-state index contributed by atoms with van der Waals surface area (Å²) in [4.78, 5) is 15.2. The lowest BCUT2D eigenvalue weighted by molar-refractivity contribution is 0.0602. The molecule has 1 heterocycles. The number of ether oxygens (including phenoxy) is 1. The molecule has 0 amide bonds. The van der Waals surface area contributed by atoms with Crippen LogP contribution in [0.3, 0.4) is 0 Å². The number of pyridine rings is 1. The smallest absolute Gasteiger partial charge is 0.338 e. The van der Waals surface area contributed by atoms with Crippen molar-refractivity contribution >= 4 is 16.7 Å². The summed E-state index contributed by atoms with van der Waals surface area (Å²) in [5, 5.41) is 1.22. The van der Waals surface area contributed by atoms with E-state index in [1.807, 2.05) is 0 Å². The third-order valence-electron chi connectivity index (χ3n) is 2.12. The van der Waals surface area contributed by atoms with Crippen LogP contribution < -0.4 is 0 Å². The fourth-order valence-corrected chi connectivity index (χ4v) is 1.45. The van der Waals surface area contributed by atoms with E-state index in [2.05, 4.69) is 9.72 Å². The molecule has 0 unspecified atom stereocenters. The first kappa shape index (κ1) is 9.58. The Bertz CT molecular complexity index is 525. The van der Waals surface area contributed by atoms with Crippen LogP contribution in [0.5, 0.6) is 0 Å². The molecule has 0 atom stereocenters. The zero-order chi connectivity index (χ0) is 10.8. The molecule has 2 rings (SSSR count). The normalized spacial score (nSPS) is 10.3. The van der Waals surface area contributed by atoms with Gasteiger partial charge in [0.25, 0.3) is 0 Å². The number of carbonyl (C=O) groups excluding carboxylic acids is 1. The van der Waals surface area contributed by atoms with Gasteiger partial charge in [0.2, 0.25) is 0 Å². The van der Waals surface area contributed by atoms with Gasteiger partial charge in [-0.25, -0.2) is 9.18 Å². The molecule has 2 aromatic rings. The predicted molar refractivity (Wildman–Crippen MR) is 53.0 cm³/mol. The highest BCUT2D eigenvalue weighted by Gasteiger charge is 2.11. The third kappa shape index (κ3) is 1.66. The van der Waals surface area contributed by atoms with E-state index in [9.17, 15) is 9.18 Å². The molecule has 0 aliphatic carbocycles. The number of benzene rings is 1. The number of carbonyl (C=O) groups is 1. The van der Waals surface area contributed by atoms with E-state index < -0.39 is 11.8 Å². The van der Waals surface area contributed by atoms with Crippen LogP contribution in [0.25, 0.3) is 10.8 Å². The highest BCUT2D eigenvalue weighted by atomic mass is 19.1. The minimum Gasteiger partial charge on any atom is -0.465 e. The van der Waals surface area contributed by atoms with Gasteiger partial charge < -0.3 is 4.74 Å². The first-order chi connectivity index (χ1) is 7.22. The number of halogens is 1. The van der Waals surface area contributed by atoms with Gasteiger partial charge >= 0.3 is 5.97 Å². The molecule has 15 heavy (non-hydrogen) atoms. The van der Waals surface area contributed by atoms with E-state index in [1.165, 1.54) is 19.4 Å². The monoisotopic (exact) mass is 205 g/mol. The zero-order valence-corrected chi connectivity index (χ0v) is 8.03. The lowest BCUT2D eigenvalue weighted by Gasteiger charge is -2.04. The van der Waals surface area contributed by atoms with Crippen molar-refractivity contribution in [1.82, 2.24) is 4.98 Å². The molecule has 1 aromatic heterocycles. The van der Waals surface area contributed by atoms with Crippen LogP contribution in [0.2, 0.25) is 0 Å². The minimum absolute atomic E-state index is 0.218. The molecule has 0 bridgehead atoms. The van der Waals surface area contributed by atoms with Gasteiger partial charge in [-0.1, -0.05) is 0 Å². The van der Waals surface area contributed by atoms with Crippen molar-refractivity contribution in [3.63, 3.8) is 0 Å². The molecule has 0 spiro atoms. The van der Waals surface area contributed by atoms with Crippen LogP contribution in [0.1, 0.15) is 10.4 Å². The van der Waals surface area contributed by atoms with Gasteiger partial charge in [-0.2, -0.15) is 0 Å². The number of aromatic nitrogens is 1. The maximum absolute atomic E-state index is 13.2. The predicted octanol–water partition coefficient (Wildman–Crippen LogP) is 2.16. The maximum atomic E-state index is 13.2. The molecule has 1 aromatic carbocycles. The Balaban J connectivity index is 2.76. The molecule has 0 aliphatic heterocycles. The van der Waals surface area contributed by atoms with Crippen LogP contribution in [0.15, 0.2) is 30.6 Å². The van der Waals surface area contributed by atoms with Crippen LogP contribution >= 0.6 is 0 Å². The lowest BCUT2D eigenvalue weighted by Crippen LogP contribution is -2.02. The Kier molecular flexibility index (Phi) is 2.33. The number of methoxy groups -OCH3 is 1. The van der Waals surface area contributed by atoms with Gasteiger partial charge in [-0.3, -0.25) is 4.98 Å². The second kappa shape index (κ2) is 3.65. The van der Waals surface area contributed by atoms with Crippen LogP contribution in [-0.2, 0) is 4.74 Å². The third-order valence-corrected chi connectivity index (χ3v) is 2.12. The molecule has 0 N–H and O–H groups in total. The van der Waals surface area contributed by atoms with Crippen molar-refractivity contribution in [3.8, 4) is 0 Å². The molecule has 0 radical (unpaired) electrons. The maximum Gasteiger partial charge on any atom is 0.338 e. The van der Waals surface area contributed by atoms with Crippen LogP contribution in [0, 0.1) is 5.82 Å². The molecule has 4 heteroatoms. The second-order valence-corrected chi connectivity index (χ2v) is 3.04. The second-order valence-electron chi connectivity index (χ2n) is 3.04. The average Bonchev–Trinajstić information content (AvgIpc) is 2.26. The van der Waals surface area contributed by atoms with Crippen molar-refractivity contribution in [2.45, 2.75) is 0 Å². The van der Waals surface area contributed by atoms with E-state index in [-0.39, 0.29) is 5.56 Å². The summed E-state index contributed by atoms with van der Waals surface area (Å²) in [5.74, 6) is -1.03. The standard InChI is InChI=1S/C11H8FNO2/c1-15-11(14)10-5-8(12)4-7-6-13-3-2-9(7)10/h2-6H,1H3. The number of esters is 1. The van der Waals surface area contributed by atoms with Gasteiger partial charge in [-0.05, 0) is 23.6 Å². The Hall–Kier alpha value is -1.97. The summed E-state index contributed by atoms with van der Waals surface area (Å²) in [6, 6.07) is 4.14. The number of hydrogen-bond donors (Lipinski definition) is 0. The first-order valence-electron chi connectivity index (χ1n) is 4.34. The molecular formula is C11H8FNO2. The van der Waals surface area contributed by atoms with E-state index in [0.717, 1.165) is 6.07 Å². The number of fused-ring (bicyclic) bond motifs is 1. The Morgan fingerprint density at radius 3 is 3.00 bits per heavy atom. The van der Waals surface area contributed by atoms with E-state index in [0.29, 0.717) is 10.8 Å². The summed E-state index contributed by atoms with van der Waals surface area (Å²) in [7, 11) is 1.26. The van der Waals surface area contributed by atoms with Gasteiger partial charge in [0, 0.05) is 17.8 Å². The van der Waals surface area contributed by atoms with Crippen molar-refractivity contribution < 1.29 is 13.9 Å². The first-order valence-corrected chi connectivity index (χ1v) is 4.34. The quantitative estimate of drug-likeness (QED) is 0.669. The number of nitrogens with zero attached hydrogens (tertiary/aromatic N) is 1. The topological polar surface area (TPSA) is 39.2 Å². The molecule has 76 valence electrons. The largest absolute Gasteiger partial charge is 0.465 e. The van der Waals surface area contributed by atoms with Crippen LogP contribution in [-0.4, -0.2) is 18.1 Å². The van der Waals surface area contributed by atoms with E-state index >= 15 is 0 Å². The highest BCUT2D eigenvalue weighted by Crippen LogP contribution is 2.20. The van der Waals surface area contributed by atoms with Crippen LogP contribution in [0.4, 0.5) is 4.39 Å². The molecule has 0 saturated carbocycles. The van der Waals surface area contributed by atoms with Crippen molar-refractivity contribution in [3.05, 3.63) is 42.0 Å². The highest BCUT2D eigenvalue weighted by molar-refractivity contribution is 6.04. The summed E-state index contributed by atoms with van der Waals surface area (Å²) < 4.78 is 17.7. The van der Waals surface area contributed by atoms with Gasteiger partial charge in [0.05, 0.1) is 12.7 Å². The fourth-order valence-electron chi connectivity index (χ4n) is 1.45. The lowest BCUT2D eigenvalue weighted by atomic mass is 10.1. The van der Waals surface area contributed by atoms with Gasteiger partial charge in [0.15, 0.2) is 0 Å². The van der Waals surface area contributed by atoms with E-state index in [1.54, 1.807) is 12.3 Å². The Labute approximate surface area is 85.5 Å². The molecular weight excluding hydrogens is 197 g/mol. The number of hydrogen-bond acceptors (Lipinski definition) is 3. The van der Waals surface area contributed by atoms with Crippen molar-refractivity contribution in [2.75, 3.05) is 7.11 Å². The van der Waals surface area contributed by atoms with Crippen molar-refractivity contribution in [2.24, 2.45) is 0 Å². The number of rotatable bonds is 1. The molecule has 3 nitrogen and oxygen atoms in total. The van der Waals surface area contributed by atoms with Gasteiger partial charge in [0.1, 0.15) is 5.82 Å². The Morgan fingerprint density at radius 1 is 1.47 bits per heavy atom. The summed E-state index contributed by atoms with van der Waals surface area (Å²) in [6.07, 6.45) is 3.05. The Morgan fingerprint density at radius 2 is 2.27 bits per heavy atom. The SMILES string of the molecule is COC(=O)c1cc(F)cc2cnccc12. The molecule has 0 aliphatic rings. The summed E-state index contributed by atoms with van der Waals surface area (Å²) in [6.45, 7) is 0. The van der Waals surface area contributed by atoms with Crippen molar-refractivity contribution in [1.29, 1.82) is 0 Å². The van der Waals surface area contributed by atoms with E-state index in [4.69, 9.17) is 0 Å². The summed E-state index contributed by atoms with van der Waals surface area (Å²) >= 11 is 0.